The molecule has 0 aromatic carbocycles. The number of fused-ring (bicyclic) bond motifs is 5. The van der Waals surface area contributed by atoms with Crippen molar-refractivity contribution in [3.8, 4) is 0 Å². The third-order valence-corrected chi connectivity index (χ3v) is 7.70. The summed E-state index contributed by atoms with van der Waals surface area (Å²) in [4.78, 5) is 11.7. The summed E-state index contributed by atoms with van der Waals surface area (Å²) >= 11 is 0. The Hall–Kier alpha value is -0.790. The first-order chi connectivity index (χ1) is 10.0. The van der Waals surface area contributed by atoms with Gasteiger partial charge in [0.1, 0.15) is 0 Å². The van der Waals surface area contributed by atoms with Crippen LogP contribution in [0.4, 0.5) is 0 Å². The summed E-state index contributed by atoms with van der Waals surface area (Å²) < 4.78 is 5.47. The summed E-state index contributed by atoms with van der Waals surface area (Å²) in [5.41, 5.74) is 0.792. The van der Waals surface area contributed by atoms with Crippen LogP contribution in [0.1, 0.15) is 58.8 Å². The first kappa shape index (κ1) is 13.8. The number of rotatable bonds is 0. The second-order valence-electron chi connectivity index (χ2n) is 8.52. The summed E-state index contributed by atoms with van der Waals surface area (Å²) in [5, 5.41) is 0. The Labute approximate surface area is 128 Å². The SMILES string of the molecule is CC12C=CCC1C1CC[C@H]3COC(=O)CCC3(C)[C@H]1CC2. The van der Waals surface area contributed by atoms with E-state index in [0.717, 1.165) is 24.2 Å². The van der Waals surface area contributed by atoms with Gasteiger partial charge < -0.3 is 4.74 Å². The van der Waals surface area contributed by atoms with Crippen LogP contribution < -0.4 is 0 Å². The quantitative estimate of drug-likeness (QED) is 0.489. The monoisotopic (exact) mass is 288 g/mol. The van der Waals surface area contributed by atoms with Crippen LogP contribution in [0.5, 0.6) is 0 Å². The lowest BCUT2D eigenvalue weighted by molar-refractivity contribution is -0.144. The maximum absolute atomic E-state index is 11.7. The van der Waals surface area contributed by atoms with Gasteiger partial charge in [-0.3, -0.25) is 4.79 Å². The summed E-state index contributed by atoms with van der Waals surface area (Å²) in [6, 6.07) is 0. The van der Waals surface area contributed by atoms with Crippen LogP contribution in [0.2, 0.25) is 0 Å². The van der Waals surface area contributed by atoms with Crippen LogP contribution in [0.3, 0.4) is 0 Å². The molecule has 2 nitrogen and oxygen atoms in total. The highest BCUT2D eigenvalue weighted by Crippen LogP contribution is 2.63. The normalized spacial score (nSPS) is 52.4. The van der Waals surface area contributed by atoms with E-state index in [0.29, 0.717) is 29.8 Å². The number of ether oxygens (including phenoxy) is 1. The Morgan fingerprint density at radius 2 is 2.00 bits per heavy atom. The molecule has 0 aromatic rings. The minimum absolute atomic E-state index is 0.0327. The molecule has 21 heavy (non-hydrogen) atoms. The molecule has 0 N–H and O–H groups in total. The fourth-order valence-corrected chi connectivity index (χ4v) is 6.32. The Morgan fingerprint density at radius 1 is 1.14 bits per heavy atom. The van der Waals surface area contributed by atoms with E-state index in [9.17, 15) is 4.79 Å². The van der Waals surface area contributed by atoms with Crippen LogP contribution in [-0.2, 0) is 9.53 Å². The van der Waals surface area contributed by atoms with Gasteiger partial charge in [-0.1, -0.05) is 26.0 Å². The predicted molar refractivity (Wildman–Crippen MR) is 82.6 cm³/mol. The van der Waals surface area contributed by atoms with Gasteiger partial charge in [0.15, 0.2) is 0 Å². The molecule has 1 saturated heterocycles. The average molecular weight is 288 g/mol. The van der Waals surface area contributed by atoms with Gasteiger partial charge in [0.05, 0.1) is 6.61 Å². The fourth-order valence-electron chi connectivity index (χ4n) is 6.32. The van der Waals surface area contributed by atoms with Gasteiger partial charge in [-0.2, -0.15) is 0 Å². The van der Waals surface area contributed by atoms with Crippen molar-refractivity contribution < 1.29 is 9.53 Å². The van der Waals surface area contributed by atoms with Gasteiger partial charge in [0, 0.05) is 6.42 Å². The molecule has 0 aromatic heterocycles. The van der Waals surface area contributed by atoms with E-state index in [1.807, 2.05) is 0 Å². The van der Waals surface area contributed by atoms with Gasteiger partial charge >= 0.3 is 5.97 Å². The molecule has 4 unspecified atom stereocenters. The number of carbonyl (C=O) groups excluding carboxylic acids is 1. The number of hydrogen-bond donors (Lipinski definition) is 0. The van der Waals surface area contributed by atoms with Gasteiger partial charge in [-0.25, -0.2) is 0 Å². The van der Waals surface area contributed by atoms with Crippen molar-refractivity contribution in [3.05, 3.63) is 12.2 Å². The van der Waals surface area contributed by atoms with Gasteiger partial charge in [-0.15, -0.1) is 0 Å². The van der Waals surface area contributed by atoms with Crippen molar-refractivity contribution in [1.29, 1.82) is 0 Å². The molecule has 3 fully saturated rings. The molecule has 6 atom stereocenters. The van der Waals surface area contributed by atoms with Crippen LogP contribution in [0.25, 0.3) is 0 Å². The lowest BCUT2D eigenvalue weighted by atomic mass is 9.47. The minimum atomic E-state index is 0.0327. The largest absolute Gasteiger partial charge is 0.465 e. The first-order valence-electron chi connectivity index (χ1n) is 8.86. The number of carbonyl (C=O) groups is 1. The minimum Gasteiger partial charge on any atom is -0.465 e. The molecule has 1 aliphatic heterocycles. The highest BCUT2D eigenvalue weighted by atomic mass is 16.5. The van der Waals surface area contributed by atoms with Crippen molar-refractivity contribution in [3.63, 3.8) is 0 Å². The molecule has 1 heterocycles. The molecule has 4 rings (SSSR count). The van der Waals surface area contributed by atoms with Crippen LogP contribution >= 0.6 is 0 Å². The highest BCUT2D eigenvalue weighted by molar-refractivity contribution is 5.69. The molecule has 2 heteroatoms. The molecule has 2 saturated carbocycles. The number of allylic oxidation sites excluding steroid dienone is 2. The first-order valence-corrected chi connectivity index (χ1v) is 8.86. The number of cyclic esters (lactones) is 1. The topological polar surface area (TPSA) is 26.3 Å². The van der Waals surface area contributed by atoms with Gasteiger partial charge in [-0.05, 0) is 73.0 Å². The van der Waals surface area contributed by atoms with Crippen LogP contribution in [0, 0.1) is 34.5 Å². The zero-order valence-corrected chi connectivity index (χ0v) is 13.4. The number of hydrogen-bond acceptors (Lipinski definition) is 2. The smallest absolute Gasteiger partial charge is 0.305 e. The molecule has 0 radical (unpaired) electrons. The zero-order valence-electron chi connectivity index (χ0n) is 13.4. The molecular weight excluding hydrogens is 260 g/mol. The maximum Gasteiger partial charge on any atom is 0.305 e. The van der Waals surface area contributed by atoms with Gasteiger partial charge in [0.25, 0.3) is 0 Å². The van der Waals surface area contributed by atoms with Crippen molar-refractivity contribution in [2.45, 2.75) is 58.8 Å². The van der Waals surface area contributed by atoms with Crippen LogP contribution in [-0.4, -0.2) is 12.6 Å². The highest BCUT2D eigenvalue weighted by Gasteiger charge is 2.56. The molecule has 116 valence electrons. The van der Waals surface area contributed by atoms with Crippen molar-refractivity contribution in [2.75, 3.05) is 6.61 Å². The molecule has 0 spiro atoms. The van der Waals surface area contributed by atoms with Crippen molar-refractivity contribution >= 4 is 5.97 Å². The van der Waals surface area contributed by atoms with E-state index in [-0.39, 0.29) is 5.97 Å². The standard InChI is InChI=1S/C19H28O2/c1-18-9-3-4-15(18)14-6-5-13-12-21-17(20)8-11-19(13,2)16(14)7-10-18/h3,9,13-16H,4-8,10-12H2,1-2H3/t13-,14?,15?,16-,18?,19?/m0/s1. The predicted octanol–water partition coefficient (Wildman–Crippen LogP) is 4.35. The Balaban J connectivity index is 1.64. The lowest BCUT2D eigenvalue weighted by Gasteiger charge is -2.57. The Bertz CT molecular complexity index is 482. The second-order valence-corrected chi connectivity index (χ2v) is 8.52. The molecular formula is C19H28O2. The summed E-state index contributed by atoms with van der Waals surface area (Å²) in [6.45, 7) is 5.63. The van der Waals surface area contributed by atoms with E-state index in [1.54, 1.807) is 0 Å². The van der Waals surface area contributed by atoms with E-state index in [2.05, 4.69) is 26.0 Å². The summed E-state index contributed by atoms with van der Waals surface area (Å²) in [6.07, 6.45) is 13.2. The zero-order chi connectivity index (χ0) is 14.7. The van der Waals surface area contributed by atoms with E-state index in [1.165, 1.54) is 32.1 Å². The third kappa shape index (κ3) is 1.94. The van der Waals surface area contributed by atoms with Crippen LogP contribution in [0.15, 0.2) is 12.2 Å². The summed E-state index contributed by atoms with van der Waals surface area (Å²) in [7, 11) is 0. The van der Waals surface area contributed by atoms with Crippen molar-refractivity contribution in [1.82, 2.24) is 0 Å². The molecule has 4 aliphatic rings. The average Bonchev–Trinajstić information content (AvgIpc) is 2.79. The Kier molecular flexibility index (Phi) is 3.03. The molecule has 0 bridgehead atoms. The van der Waals surface area contributed by atoms with Crippen molar-refractivity contribution in [2.24, 2.45) is 34.5 Å². The molecule has 0 amide bonds. The Morgan fingerprint density at radius 3 is 2.86 bits per heavy atom. The maximum atomic E-state index is 11.7. The molecule has 3 aliphatic carbocycles. The van der Waals surface area contributed by atoms with E-state index in [4.69, 9.17) is 4.74 Å². The second kappa shape index (κ2) is 4.60. The number of esters is 1. The third-order valence-electron chi connectivity index (χ3n) is 7.70. The van der Waals surface area contributed by atoms with Gasteiger partial charge in [0.2, 0.25) is 0 Å². The summed E-state index contributed by atoms with van der Waals surface area (Å²) in [5.74, 6) is 3.17. The fraction of sp³-hybridized carbons (Fsp3) is 0.842. The van der Waals surface area contributed by atoms with E-state index < -0.39 is 0 Å². The van der Waals surface area contributed by atoms with E-state index >= 15 is 0 Å². The lowest BCUT2D eigenvalue weighted by Crippen LogP contribution is -2.51.